The summed E-state index contributed by atoms with van der Waals surface area (Å²) in [5, 5.41) is 11.1. The molecule has 1 unspecified atom stereocenters. The highest BCUT2D eigenvalue weighted by molar-refractivity contribution is 5.63. The molecule has 2 aliphatic rings. The minimum absolute atomic E-state index is 0.271. The average molecular weight is 426 g/mol. The first-order chi connectivity index (χ1) is 15.0. The van der Waals surface area contributed by atoms with Gasteiger partial charge in [-0.1, -0.05) is 0 Å². The molecule has 3 heterocycles. The van der Waals surface area contributed by atoms with Crippen molar-refractivity contribution in [3.8, 4) is 5.69 Å². The van der Waals surface area contributed by atoms with Crippen LogP contribution < -0.4 is 10.6 Å². The largest absolute Gasteiger partial charge is 0.381 e. The van der Waals surface area contributed by atoms with Gasteiger partial charge < -0.3 is 15.4 Å². The number of benzene rings is 2. The number of hydrogen-bond acceptors (Lipinski definition) is 6. The third-order valence-electron chi connectivity index (χ3n) is 5.66. The van der Waals surface area contributed by atoms with Crippen molar-refractivity contribution in [1.29, 1.82) is 0 Å². The van der Waals surface area contributed by atoms with Crippen molar-refractivity contribution in [2.24, 2.45) is 0 Å². The van der Waals surface area contributed by atoms with Crippen LogP contribution in [0.2, 0.25) is 0 Å². The van der Waals surface area contributed by atoms with E-state index in [4.69, 9.17) is 4.74 Å². The molecule has 5 rings (SSSR count). The SMILES string of the molecule is Cc1cc(Nc2ncn(-c3cc(F)cc(F)c3)n2)cc(NC2CCN(C3COC3)C2)c1. The van der Waals surface area contributed by atoms with E-state index in [-0.39, 0.29) is 5.69 Å². The van der Waals surface area contributed by atoms with Crippen molar-refractivity contribution in [1.82, 2.24) is 19.7 Å². The normalized spacial score (nSPS) is 19.4. The molecule has 0 radical (unpaired) electrons. The fraction of sp³-hybridized carbons (Fsp3) is 0.364. The Morgan fingerprint density at radius 1 is 1.03 bits per heavy atom. The lowest BCUT2D eigenvalue weighted by Gasteiger charge is -2.34. The van der Waals surface area contributed by atoms with Gasteiger partial charge in [-0.05, 0) is 49.2 Å². The van der Waals surface area contributed by atoms with Gasteiger partial charge in [0.1, 0.15) is 18.0 Å². The smallest absolute Gasteiger partial charge is 0.246 e. The Morgan fingerprint density at radius 3 is 2.55 bits per heavy atom. The quantitative estimate of drug-likeness (QED) is 0.629. The Labute approximate surface area is 179 Å². The van der Waals surface area contributed by atoms with Gasteiger partial charge >= 0.3 is 0 Å². The molecule has 9 heteroatoms. The van der Waals surface area contributed by atoms with Crippen molar-refractivity contribution in [3.63, 3.8) is 0 Å². The number of rotatable bonds is 6. The molecule has 2 saturated heterocycles. The van der Waals surface area contributed by atoms with Gasteiger partial charge in [0.25, 0.3) is 0 Å². The van der Waals surface area contributed by atoms with E-state index in [0.29, 0.717) is 18.0 Å². The molecular formula is C22H24F2N6O. The third kappa shape index (κ3) is 4.52. The summed E-state index contributed by atoms with van der Waals surface area (Å²) in [5.74, 6) is -0.979. The van der Waals surface area contributed by atoms with Crippen LogP contribution in [0, 0.1) is 18.6 Å². The maximum atomic E-state index is 13.5. The van der Waals surface area contributed by atoms with E-state index in [1.54, 1.807) is 0 Å². The molecule has 1 aromatic heterocycles. The fourth-order valence-electron chi connectivity index (χ4n) is 4.09. The highest BCUT2D eigenvalue weighted by Crippen LogP contribution is 2.25. The number of anilines is 3. The number of ether oxygens (including phenoxy) is 1. The number of nitrogens with zero attached hydrogens (tertiary/aromatic N) is 4. The molecule has 0 bridgehead atoms. The minimum atomic E-state index is -0.662. The standard InChI is InChI=1S/C22H24F2N6O/c1-14-4-18(26-17-2-3-29(10-17)21-11-31-12-21)9-19(5-14)27-22-25-13-30(28-22)20-7-15(23)6-16(24)8-20/h4-9,13,17,21,26H,2-3,10-12H2,1H3,(H,27,28). The third-order valence-corrected chi connectivity index (χ3v) is 5.66. The first-order valence-corrected chi connectivity index (χ1v) is 10.4. The second kappa shape index (κ2) is 8.24. The first kappa shape index (κ1) is 19.9. The first-order valence-electron chi connectivity index (χ1n) is 10.4. The maximum Gasteiger partial charge on any atom is 0.246 e. The minimum Gasteiger partial charge on any atom is -0.381 e. The molecule has 2 fully saturated rings. The topological polar surface area (TPSA) is 67.2 Å². The van der Waals surface area contributed by atoms with Gasteiger partial charge in [-0.25, -0.2) is 13.5 Å². The lowest BCUT2D eigenvalue weighted by atomic mass is 10.1. The number of likely N-dealkylation sites (tertiary alicyclic amines) is 1. The molecule has 0 spiro atoms. The molecule has 2 aromatic carbocycles. The predicted octanol–water partition coefficient (Wildman–Crippen LogP) is 3.48. The number of aromatic nitrogens is 3. The van der Waals surface area contributed by atoms with Gasteiger partial charge in [0.2, 0.25) is 5.95 Å². The van der Waals surface area contributed by atoms with E-state index < -0.39 is 11.6 Å². The van der Waals surface area contributed by atoms with Gasteiger partial charge in [-0.3, -0.25) is 4.90 Å². The fourth-order valence-corrected chi connectivity index (χ4v) is 4.09. The Bertz CT molecular complexity index is 1060. The van der Waals surface area contributed by atoms with Gasteiger partial charge in [0, 0.05) is 36.6 Å². The van der Waals surface area contributed by atoms with Crippen LogP contribution in [0.25, 0.3) is 5.69 Å². The van der Waals surface area contributed by atoms with Gasteiger partial charge in [-0.2, -0.15) is 4.98 Å². The van der Waals surface area contributed by atoms with Crippen molar-refractivity contribution in [2.75, 3.05) is 36.9 Å². The molecule has 2 N–H and O–H groups in total. The van der Waals surface area contributed by atoms with Crippen LogP contribution in [0.15, 0.2) is 42.7 Å². The summed E-state index contributed by atoms with van der Waals surface area (Å²) in [6.45, 7) is 5.82. The second-order valence-corrected chi connectivity index (χ2v) is 8.17. The summed E-state index contributed by atoms with van der Waals surface area (Å²) in [7, 11) is 0. The van der Waals surface area contributed by atoms with Gasteiger partial charge in [-0.15, -0.1) is 5.10 Å². The zero-order valence-electron chi connectivity index (χ0n) is 17.2. The summed E-state index contributed by atoms with van der Waals surface area (Å²) in [6, 6.07) is 10.3. The summed E-state index contributed by atoms with van der Waals surface area (Å²) in [4.78, 5) is 6.70. The zero-order valence-corrected chi connectivity index (χ0v) is 17.2. The van der Waals surface area contributed by atoms with E-state index in [1.165, 1.54) is 23.1 Å². The van der Waals surface area contributed by atoms with Crippen LogP contribution >= 0.6 is 0 Å². The predicted molar refractivity (Wildman–Crippen MR) is 114 cm³/mol. The monoisotopic (exact) mass is 426 g/mol. The van der Waals surface area contributed by atoms with Crippen LogP contribution in [-0.2, 0) is 4.74 Å². The number of nitrogens with one attached hydrogen (secondary N) is 2. The molecule has 31 heavy (non-hydrogen) atoms. The van der Waals surface area contributed by atoms with Gasteiger partial charge in [0.15, 0.2) is 0 Å². The Balaban J connectivity index is 1.27. The van der Waals surface area contributed by atoms with E-state index in [2.05, 4.69) is 31.7 Å². The Hall–Kier alpha value is -3.04. The van der Waals surface area contributed by atoms with Crippen molar-refractivity contribution in [3.05, 3.63) is 59.9 Å². The zero-order chi connectivity index (χ0) is 21.4. The molecule has 0 amide bonds. The van der Waals surface area contributed by atoms with E-state index >= 15 is 0 Å². The molecule has 162 valence electrons. The Morgan fingerprint density at radius 2 is 1.81 bits per heavy atom. The van der Waals surface area contributed by atoms with Crippen molar-refractivity contribution < 1.29 is 13.5 Å². The molecule has 2 aliphatic heterocycles. The Kier molecular flexibility index (Phi) is 5.29. The molecule has 0 aliphatic carbocycles. The van der Waals surface area contributed by atoms with Gasteiger partial charge in [0.05, 0.1) is 24.9 Å². The van der Waals surface area contributed by atoms with Crippen molar-refractivity contribution in [2.45, 2.75) is 25.4 Å². The van der Waals surface area contributed by atoms with E-state index in [9.17, 15) is 8.78 Å². The van der Waals surface area contributed by atoms with Crippen LogP contribution in [0.4, 0.5) is 26.1 Å². The molecular weight excluding hydrogens is 402 g/mol. The summed E-state index contributed by atoms with van der Waals surface area (Å²) in [5.41, 5.74) is 3.24. The van der Waals surface area contributed by atoms with Crippen molar-refractivity contribution >= 4 is 17.3 Å². The maximum absolute atomic E-state index is 13.5. The lowest BCUT2D eigenvalue weighted by molar-refractivity contribution is -0.0571. The molecule has 1 atom stereocenters. The molecule has 0 saturated carbocycles. The number of aryl methyl sites for hydroxylation is 1. The average Bonchev–Trinajstić information content (AvgIpc) is 3.29. The molecule has 3 aromatic rings. The summed E-state index contributed by atoms with van der Waals surface area (Å²) >= 11 is 0. The molecule has 7 nitrogen and oxygen atoms in total. The summed E-state index contributed by atoms with van der Waals surface area (Å²) < 4.78 is 33.6. The lowest BCUT2D eigenvalue weighted by Crippen LogP contribution is -2.48. The van der Waals surface area contributed by atoms with E-state index in [0.717, 1.165) is 55.7 Å². The van der Waals surface area contributed by atoms with E-state index in [1.807, 2.05) is 19.1 Å². The second-order valence-electron chi connectivity index (χ2n) is 8.17. The number of halogens is 2. The highest BCUT2D eigenvalue weighted by atomic mass is 19.1. The highest BCUT2D eigenvalue weighted by Gasteiger charge is 2.32. The van der Waals surface area contributed by atoms with Crippen LogP contribution in [-0.4, -0.2) is 58.1 Å². The van der Waals surface area contributed by atoms with Crippen LogP contribution in [0.5, 0.6) is 0 Å². The van der Waals surface area contributed by atoms with Crippen LogP contribution in [0.3, 0.4) is 0 Å². The van der Waals surface area contributed by atoms with Crippen LogP contribution in [0.1, 0.15) is 12.0 Å². The number of hydrogen-bond donors (Lipinski definition) is 2. The summed E-state index contributed by atoms with van der Waals surface area (Å²) in [6.07, 6.45) is 2.52.